The molecule has 1 N–H and O–H groups in total. The van der Waals surface area contributed by atoms with E-state index in [-0.39, 0.29) is 18.5 Å². The van der Waals surface area contributed by atoms with Gasteiger partial charge in [-0.05, 0) is 86.8 Å². The highest BCUT2D eigenvalue weighted by Crippen LogP contribution is 2.40. The molecule has 3 aliphatic rings. The molecule has 2 aliphatic heterocycles. The van der Waals surface area contributed by atoms with Gasteiger partial charge < -0.3 is 24.4 Å². The molecule has 6 rings (SSSR count). The molecule has 2 aromatic carbocycles. The van der Waals surface area contributed by atoms with Crippen LogP contribution in [-0.4, -0.2) is 66.8 Å². The van der Waals surface area contributed by atoms with Crippen molar-refractivity contribution in [3.8, 4) is 17.0 Å². The van der Waals surface area contributed by atoms with E-state index in [4.69, 9.17) is 24.4 Å². The molecule has 0 spiro atoms. The number of hydrogen-bond donors (Lipinski definition) is 1. The quantitative estimate of drug-likeness (QED) is 0.355. The van der Waals surface area contributed by atoms with Crippen molar-refractivity contribution >= 4 is 28.8 Å². The summed E-state index contributed by atoms with van der Waals surface area (Å²) in [5, 5.41) is 10.2. The highest BCUT2D eigenvalue weighted by atomic mass is 32.1. The van der Waals surface area contributed by atoms with E-state index < -0.39 is 0 Å². The number of ether oxygens (including phenoxy) is 2. The van der Waals surface area contributed by atoms with Crippen molar-refractivity contribution in [1.29, 1.82) is 0 Å². The van der Waals surface area contributed by atoms with Crippen LogP contribution in [-0.2, 0) is 16.1 Å². The normalized spacial score (nSPS) is 21.4. The number of likely N-dealkylation sites (tertiary alicyclic amines) is 1. The smallest absolute Gasteiger partial charge is 0.290 e. The average Bonchev–Trinajstić information content (AvgIpc) is 3.73. The van der Waals surface area contributed by atoms with E-state index in [1.807, 2.05) is 30.0 Å². The minimum absolute atomic E-state index is 0.0713. The van der Waals surface area contributed by atoms with E-state index >= 15 is 0 Å². The number of piperidine rings is 1. The number of rotatable bonds is 7. The monoisotopic (exact) mass is 577 g/mol. The molecule has 3 atom stereocenters. The number of aromatic nitrogens is 1. The number of methoxy groups -OCH3 is 1. The fourth-order valence-corrected chi connectivity index (χ4v) is 7.15. The molecule has 1 aliphatic carbocycles. The second kappa shape index (κ2) is 13.0. The number of fused-ring (bicyclic) bond motifs is 2. The molecule has 2 saturated heterocycles. The molecular formula is C32H39N3O5S. The fraction of sp³-hybridized carbons (Fsp3) is 0.469. The summed E-state index contributed by atoms with van der Waals surface area (Å²) in [6.45, 7) is 8.04. The minimum atomic E-state index is -0.250. The molecule has 1 aromatic heterocycles. The Hall–Kier alpha value is -3.43. The predicted octanol–water partition coefficient (Wildman–Crippen LogP) is 5.80. The molecule has 3 unspecified atom stereocenters. The maximum absolute atomic E-state index is 13.0. The Balaban J connectivity index is 0.00000108. The van der Waals surface area contributed by atoms with Crippen LogP contribution < -0.4 is 9.64 Å². The van der Waals surface area contributed by atoms with Crippen molar-refractivity contribution in [2.75, 3.05) is 38.2 Å². The Morgan fingerprint density at radius 3 is 2.54 bits per heavy atom. The minimum Gasteiger partial charge on any atom is -0.488 e. The fourth-order valence-electron chi connectivity index (χ4n) is 6.30. The van der Waals surface area contributed by atoms with Crippen molar-refractivity contribution in [2.24, 2.45) is 11.8 Å². The molecule has 218 valence electrons. The van der Waals surface area contributed by atoms with Crippen molar-refractivity contribution in [3.05, 3.63) is 64.0 Å². The summed E-state index contributed by atoms with van der Waals surface area (Å²) in [5.41, 5.74) is 6.07. The second-order valence-corrected chi connectivity index (χ2v) is 12.2. The third kappa shape index (κ3) is 6.73. The van der Waals surface area contributed by atoms with E-state index in [1.54, 1.807) is 18.4 Å². The van der Waals surface area contributed by atoms with Crippen LogP contribution in [0.5, 0.6) is 5.75 Å². The topological polar surface area (TPSA) is 92.2 Å². The van der Waals surface area contributed by atoms with Gasteiger partial charge in [-0.3, -0.25) is 9.59 Å². The zero-order valence-corrected chi connectivity index (χ0v) is 24.9. The highest BCUT2D eigenvalue weighted by Gasteiger charge is 2.34. The third-order valence-corrected chi connectivity index (χ3v) is 9.42. The first kappa shape index (κ1) is 29.1. The Morgan fingerprint density at radius 1 is 1.10 bits per heavy atom. The van der Waals surface area contributed by atoms with Gasteiger partial charge >= 0.3 is 0 Å². The van der Waals surface area contributed by atoms with Crippen LogP contribution in [0.1, 0.15) is 52.7 Å². The van der Waals surface area contributed by atoms with Gasteiger partial charge in [-0.15, -0.1) is 11.3 Å². The Morgan fingerprint density at radius 2 is 1.85 bits per heavy atom. The lowest BCUT2D eigenvalue weighted by Gasteiger charge is -2.31. The van der Waals surface area contributed by atoms with Crippen LogP contribution in [0.3, 0.4) is 0 Å². The van der Waals surface area contributed by atoms with Crippen LogP contribution in [0.15, 0.2) is 41.8 Å². The zero-order valence-electron chi connectivity index (χ0n) is 24.0. The molecule has 3 heterocycles. The Kier molecular flexibility index (Phi) is 9.25. The van der Waals surface area contributed by atoms with Gasteiger partial charge in [0.1, 0.15) is 12.4 Å². The summed E-state index contributed by atoms with van der Waals surface area (Å²) in [6.07, 6.45) is 5.17. The van der Waals surface area contributed by atoms with Crippen LogP contribution in [0.4, 0.5) is 5.13 Å². The summed E-state index contributed by atoms with van der Waals surface area (Å²) in [4.78, 5) is 30.8. The first-order valence-corrected chi connectivity index (χ1v) is 15.2. The third-order valence-electron chi connectivity index (χ3n) is 8.52. The SMILES string of the molecule is COC1CCN(C(=O)c2ccc(COc3ccc(C)cc3-c3csc(N4CC5CCC(C5)C4)n3)c(C)c2)C1.O=CO. The second-order valence-electron chi connectivity index (χ2n) is 11.4. The summed E-state index contributed by atoms with van der Waals surface area (Å²) in [6, 6.07) is 12.2. The number of carbonyl (C=O) groups is 2. The number of hydrogen-bond acceptors (Lipinski definition) is 7. The van der Waals surface area contributed by atoms with Crippen molar-refractivity contribution < 1.29 is 24.2 Å². The molecule has 1 amide bonds. The predicted molar refractivity (Wildman–Crippen MR) is 161 cm³/mol. The summed E-state index contributed by atoms with van der Waals surface area (Å²) >= 11 is 1.75. The Bertz CT molecular complexity index is 1360. The number of nitrogens with zero attached hydrogens (tertiary/aromatic N) is 3. The molecule has 2 bridgehead atoms. The number of carbonyl (C=O) groups excluding carboxylic acids is 1. The number of thiazole rings is 1. The van der Waals surface area contributed by atoms with Crippen molar-refractivity contribution in [2.45, 2.75) is 52.2 Å². The van der Waals surface area contributed by atoms with E-state index in [9.17, 15) is 4.79 Å². The first-order valence-electron chi connectivity index (χ1n) is 14.3. The van der Waals surface area contributed by atoms with Gasteiger partial charge in [0.05, 0.1) is 11.8 Å². The van der Waals surface area contributed by atoms with Crippen molar-refractivity contribution in [3.63, 3.8) is 0 Å². The van der Waals surface area contributed by atoms with Crippen LogP contribution in [0.2, 0.25) is 0 Å². The molecular weight excluding hydrogens is 538 g/mol. The van der Waals surface area contributed by atoms with Gasteiger partial charge in [-0.25, -0.2) is 4.98 Å². The summed E-state index contributed by atoms with van der Waals surface area (Å²) in [5.74, 6) is 2.58. The molecule has 8 nitrogen and oxygen atoms in total. The lowest BCUT2D eigenvalue weighted by molar-refractivity contribution is -0.122. The van der Waals surface area contributed by atoms with Gasteiger partial charge in [0, 0.05) is 49.8 Å². The van der Waals surface area contributed by atoms with Gasteiger partial charge in [0.15, 0.2) is 5.13 Å². The highest BCUT2D eigenvalue weighted by molar-refractivity contribution is 7.14. The molecule has 9 heteroatoms. The van der Waals surface area contributed by atoms with Crippen LogP contribution in [0.25, 0.3) is 11.3 Å². The lowest BCUT2D eigenvalue weighted by Crippen LogP contribution is -2.36. The van der Waals surface area contributed by atoms with Gasteiger partial charge in [0.2, 0.25) is 0 Å². The standard InChI is InChI=1S/C31H37N3O3S.CH2O2/c1-20-4-9-29(27(12-20)28-19-38-31(32-28)34-15-22-5-6-23(14-22)16-34)37-18-25-8-7-24(13-21(25)2)30(35)33-11-10-26(17-33)36-3;2-1-3/h4,7-9,12-13,19,22-23,26H,5-6,10-11,14-18H2,1-3H3;1H,(H,2,3). The van der Waals surface area contributed by atoms with Gasteiger partial charge in [0.25, 0.3) is 12.4 Å². The number of anilines is 1. The Labute approximate surface area is 245 Å². The summed E-state index contributed by atoms with van der Waals surface area (Å²) < 4.78 is 11.8. The van der Waals surface area contributed by atoms with E-state index in [0.717, 1.165) is 76.7 Å². The maximum atomic E-state index is 13.0. The number of aryl methyl sites for hydroxylation is 2. The number of carboxylic acid groups (broad SMARTS) is 1. The van der Waals surface area contributed by atoms with Gasteiger partial charge in [-0.1, -0.05) is 17.7 Å². The molecule has 0 radical (unpaired) electrons. The maximum Gasteiger partial charge on any atom is 0.290 e. The molecule has 3 fully saturated rings. The van der Waals surface area contributed by atoms with E-state index in [0.29, 0.717) is 13.2 Å². The van der Waals surface area contributed by atoms with Gasteiger partial charge in [-0.2, -0.15) is 0 Å². The van der Waals surface area contributed by atoms with Crippen LogP contribution >= 0.6 is 11.3 Å². The van der Waals surface area contributed by atoms with E-state index in [1.165, 1.54) is 24.8 Å². The average molecular weight is 578 g/mol. The lowest BCUT2D eigenvalue weighted by atomic mass is 9.99. The number of amides is 1. The van der Waals surface area contributed by atoms with Crippen LogP contribution in [0, 0.1) is 25.7 Å². The zero-order chi connectivity index (χ0) is 28.9. The number of benzene rings is 2. The summed E-state index contributed by atoms with van der Waals surface area (Å²) in [7, 11) is 1.71. The van der Waals surface area contributed by atoms with Crippen molar-refractivity contribution in [1.82, 2.24) is 9.88 Å². The largest absolute Gasteiger partial charge is 0.488 e. The first-order chi connectivity index (χ1) is 19.9. The molecule has 3 aromatic rings. The molecule has 1 saturated carbocycles. The van der Waals surface area contributed by atoms with E-state index in [2.05, 4.69) is 35.4 Å². The molecule has 41 heavy (non-hydrogen) atoms.